The number of halogens is 1. The number of amides is 1. The van der Waals surface area contributed by atoms with E-state index in [0.29, 0.717) is 17.2 Å². The number of carbonyl (C=O) groups excluding carboxylic acids is 1. The van der Waals surface area contributed by atoms with Gasteiger partial charge in [-0.05, 0) is 70.4 Å². The summed E-state index contributed by atoms with van der Waals surface area (Å²) in [5, 5.41) is 13.3. The highest BCUT2D eigenvalue weighted by Crippen LogP contribution is 2.31. The summed E-state index contributed by atoms with van der Waals surface area (Å²) in [5.74, 6) is -0.743. The quantitative estimate of drug-likeness (QED) is 0.310. The normalized spacial score (nSPS) is 11.0. The number of furan rings is 1. The van der Waals surface area contributed by atoms with Crippen molar-refractivity contribution in [3.8, 4) is 11.5 Å². The van der Waals surface area contributed by atoms with E-state index in [4.69, 9.17) is 8.83 Å². The number of benzene rings is 2. The fourth-order valence-corrected chi connectivity index (χ4v) is 3.39. The summed E-state index contributed by atoms with van der Waals surface area (Å²) >= 11 is 3.51. The second-order valence-corrected chi connectivity index (χ2v) is 7.08. The molecule has 2 heterocycles. The summed E-state index contributed by atoms with van der Waals surface area (Å²) in [4.78, 5) is 26.7. The second kappa shape index (κ2) is 7.51. The third-order valence-electron chi connectivity index (χ3n) is 4.30. The Morgan fingerprint density at radius 1 is 1.17 bits per heavy atom. The van der Waals surface area contributed by atoms with Gasteiger partial charge in [0.1, 0.15) is 10.4 Å². The van der Waals surface area contributed by atoms with Crippen molar-refractivity contribution in [2.45, 2.75) is 13.3 Å². The number of oxazole rings is 1. The molecule has 2 aromatic carbocycles. The lowest BCUT2D eigenvalue weighted by Crippen LogP contribution is -2.10. The van der Waals surface area contributed by atoms with Crippen LogP contribution in [-0.4, -0.2) is 15.8 Å². The van der Waals surface area contributed by atoms with Gasteiger partial charge in [-0.2, -0.15) is 0 Å². The zero-order chi connectivity index (χ0) is 20.5. The molecule has 2 aromatic heterocycles. The Morgan fingerprint density at radius 2 is 1.93 bits per heavy atom. The van der Waals surface area contributed by atoms with Crippen molar-refractivity contribution in [2.75, 3.05) is 5.32 Å². The van der Waals surface area contributed by atoms with Crippen LogP contribution in [0.15, 0.2) is 61.8 Å². The number of nitro groups is 1. The number of rotatable bonds is 5. The number of hydrogen-bond acceptors (Lipinski definition) is 6. The highest BCUT2D eigenvalue weighted by molar-refractivity contribution is 9.10. The minimum Gasteiger partial charge on any atom is -0.435 e. The van der Waals surface area contributed by atoms with Crippen molar-refractivity contribution < 1.29 is 18.6 Å². The largest absolute Gasteiger partial charge is 0.435 e. The van der Waals surface area contributed by atoms with Crippen molar-refractivity contribution >= 4 is 44.5 Å². The third kappa shape index (κ3) is 3.77. The summed E-state index contributed by atoms with van der Waals surface area (Å²) < 4.78 is 11.6. The van der Waals surface area contributed by atoms with E-state index in [9.17, 15) is 14.9 Å². The predicted octanol–water partition coefficient (Wildman–Crippen LogP) is 5.57. The highest BCUT2D eigenvalue weighted by atomic mass is 79.9. The Hall–Kier alpha value is -3.46. The summed E-state index contributed by atoms with van der Waals surface area (Å²) in [6.45, 7) is 2.07. The Balaban J connectivity index is 1.54. The molecule has 4 rings (SSSR count). The van der Waals surface area contributed by atoms with Gasteiger partial charge in [-0.15, -0.1) is 0 Å². The molecule has 0 aliphatic rings. The molecule has 0 atom stereocenters. The maximum Gasteiger partial charge on any atom is 0.433 e. The maximum absolute atomic E-state index is 12.2. The minimum atomic E-state index is -0.701. The number of nitrogens with zero attached hydrogens (tertiary/aromatic N) is 2. The first-order valence-electron chi connectivity index (χ1n) is 8.69. The smallest absolute Gasteiger partial charge is 0.433 e. The van der Waals surface area contributed by atoms with Crippen LogP contribution in [0.4, 0.5) is 11.6 Å². The lowest BCUT2D eigenvalue weighted by atomic mass is 10.1. The topological polar surface area (TPSA) is 111 Å². The molecule has 0 aliphatic heterocycles. The first-order valence-corrected chi connectivity index (χ1v) is 9.49. The van der Waals surface area contributed by atoms with Crippen molar-refractivity contribution in [3.63, 3.8) is 0 Å². The molecule has 9 heteroatoms. The van der Waals surface area contributed by atoms with Gasteiger partial charge < -0.3 is 14.2 Å². The van der Waals surface area contributed by atoms with Gasteiger partial charge in [0.15, 0.2) is 11.3 Å². The minimum absolute atomic E-state index is 0.142. The van der Waals surface area contributed by atoms with Crippen LogP contribution in [-0.2, 0) is 6.42 Å². The lowest BCUT2D eigenvalue weighted by Gasteiger charge is -2.03. The van der Waals surface area contributed by atoms with E-state index in [2.05, 4.69) is 33.2 Å². The molecule has 0 saturated carbocycles. The van der Waals surface area contributed by atoms with Gasteiger partial charge in [-0.1, -0.05) is 6.92 Å². The van der Waals surface area contributed by atoms with Crippen LogP contribution in [0.2, 0.25) is 0 Å². The van der Waals surface area contributed by atoms with E-state index in [0.717, 1.165) is 33.6 Å². The van der Waals surface area contributed by atoms with Crippen LogP contribution < -0.4 is 5.32 Å². The predicted molar refractivity (Wildman–Crippen MR) is 110 cm³/mol. The molecule has 29 heavy (non-hydrogen) atoms. The van der Waals surface area contributed by atoms with Crippen LogP contribution >= 0.6 is 15.9 Å². The Labute approximate surface area is 172 Å². The molecule has 0 saturated heterocycles. The SMILES string of the molecule is CCc1cc(Br)c2oc(-c3ccc(NC(=O)c4ccc([N+](=O)[O-])o4)cc3)nc2c1. The molecule has 1 amide bonds. The van der Waals surface area contributed by atoms with Crippen molar-refractivity contribution in [1.82, 2.24) is 4.98 Å². The van der Waals surface area contributed by atoms with E-state index in [-0.39, 0.29) is 5.76 Å². The molecule has 0 unspecified atom stereocenters. The van der Waals surface area contributed by atoms with E-state index >= 15 is 0 Å². The van der Waals surface area contributed by atoms with E-state index in [1.54, 1.807) is 24.3 Å². The van der Waals surface area contributed by atoms with Crippen LogP contribution in [0.1, 0.15) is 23.0 Å². The molecular weight excluding hydrogens is 442 g/mol. The number of anilines is 1. The number of hydrogen-bond donors (Lipinski definition) is 1. The summed E-state index contributed by atoms with van der Waals surface area (Å²) in [6, 6.07) is 13.3. The van der Waals surface area contributed by atoms with Gasteiger partial charge >= 0.3 is 5.88 Å². The monoisotopic (exact) mass is 455 g/mol. The maximum atomic E-state index is 12.2. The zero-order valence-corrected chi connectivity index (χ0v) is 16.7. The fraction of sp³-hybridized carbons (Fsp3) is 0.100. The van der Waals surface area contributed by atoms with Crippen LogP contribution in [0, 0.1) is 10.1 Å². The molecular formula is C20H14BrN3O5. The summed E-state index contributed by atoms with van der Waals surface area (Å²) in [7, 11) is 0. The number of nitrogens with one attached hydrogen (secondary N) is 1. The van der Waals surface area contributed by atoms with Gasteiger partial charge in [0.25, 0.3) is 5.91 Å². The van der Waals surface area contributed by atoms with Gasteiger partial charge in [-0.3, -0.25) is 14.9 Å². The Kier molecular flexibility index (Phi) is 4.89. The van der Waals surface area contributed by atoms with Crippen molar-refractivity contribution in [2.24, 2.45) is 0 Å². The van der Waals surface area contributed by atoms with Crippen molar-refractivity contribution in [1.29, 1.82) is 0 Å². The van der Waals surface area contributed by atoms with Crippen molar-refractivity contribution in [3.05, 3.63) is 74.4 Å². The van der Waals surface area contributed by atoms with E-state index in [1.165, 1.54) is 6.07 Å². The molecule has 1 N–H and O–H groups in total. The second-order valence-electron chi connectivity index (χ2n) is 6.22. The van der Waals surface area contributed by atoms with Crippen LogP contribution in [0.5, 0.6) is 0 Å². The average Bonchev–Trinajstić information content (AvgIpc) is 3.36. The molecule has 0 fully saturated rings. The molecule has 0 spiro atoms. The number of carbonyl (C=O) groups is 1. The first-order chi connectivity index (χ1) is 13.9. The molecule has 4 aromatic rings. The number of fused-ring (bicyclic) bond motifs is 1. The number of aromatic nitrogens is 1. The fourth-order valence-electron chi connectivity index (χ4n) is 2.81. The van der Waals surface area contributed by atoms with Crippen LogP contribution in [0.3, 0.4) is 0 Å². The molecule has 146 valence electrons. The Morgan fingerprint density at radius 3 is 2.59 bits per heavy atom. The third-order valence-corrected chi connectivity index (χ3v) is 4.89. The lowest BCUT2D eigenvalue weighted by molar-refractivity contribution is -0.402. The highest BCUT2D eigenvalue weighted by Gasteiger charge is 2.17. The summed E-state index contributed by atoms with van der Waals surface area (Å²) in [5.41, 5.74) is 3.85. The van der Waals surface area contributed by atoms with Gasteiger partial charge in [-0.25, -0.2) is 4.98 Å². The standard InChI is InChI=1S/C20H14BrN3O5/c1-2-11-9-14(21)18-15(10-11)23-20(29-18)12-3-5-13(6-4-12)22-19(25)16-7-8-17(28-16)24(26)27/h3-10H,2H2,1H3,(H,22,25). The zero-order valence-electron chi connectivity index (χ0n) is 15.1. The Bertz CT molecular complexity index is 1230. The van der Waals surface area contributed by atoms with Crippen LogP contribution in [0.25, 0.3) is 22.6 Å². The van der Waals surface area contributed by atoms with Gasteiger partial charge in [0, 0.05) is 11.3 Å². The van der Waals surface area contributed by atoms with E-state index in [1.807, 2.05) is 12.1 Å². The van der Waals surface area contributed by atoms with E-state index < -0.39 is 16.7 Å². The van der Waals surface area contributed by atoms with Gasteiger partial charge in [0.05, 0.1) is 10.5 Å². The number of aryl methyl sites for hydroxylation is 1. The molecule has 0 radical (unpaired) electrons. The average molecular weight is 456 g/mol. The van der Waals surface area contributed by atoms with Gasteiger partial charge in [0.2, 0.25) is 5.89 Å². The molecule has 0 bridgehead atoms. The summed E-state index contributed by atoms with van der Waals surface area (Å²) in [6.07, 6.45) is 0.893. The molecule has 8 nitrogen and oxygen atoms in total. The first kappa shape index (κ1) is 18.9. The molecule has 0 aliphatic carbocycles.